The van der Waals surface area contributed by atoms with Crippen LogP contribution in [0.3, 0.4) is 0 Å². The number of nitrogens with one attached hydrogen (secondary N) is 1. The number of rotatable bonds is 4. The number of thiazole rings is 1. The average molecular weight is 465 g/mol. The molecule has 9 heteroatoms. The lowest BCUT2D eigenvalue weighted by molar-refractivity contribution is 0.0746. The first-order valence-electron chi connectivity index (χ1n) is 9.90. The number of hydrogen-bond acceptors (Lipinski definition) is 7. The summed E-state index contributed by atoms with van der Waals surface area (Å²) in [7, 11) is 0. The molecule has 0 spiro atoms. The van der Waals surface area contributed by atoms with E-state index in [0.717, 1.165) is 36.9 Å². The average Bonchev–Trinajstić information content (AvgIpc) is 3.43. The van der Waals surface area contributed by atoms with Crippen molar-refractivity contribution in [3.63, 3.8) is 0 Å². The van der Waals surface area contributed by atoms with Gasteiger partial charge >= 0.3 is 6.09 Å². The highest BCUT2D eigenvalue weighted by atomic mass is 32.1. The molecule has 0 aliphatic carbocycles. The third-order valence-corrected chi connectivity index (χ3v) is 7.38. The molecule has 0 aliphatic heterocycles. The van der Waals surface area contributed by atoms with Gasteiger partial charge in [0.05, 0.1) is 32.0 Å². The third kappa shape index (κ3) is 3.54. The minimum atomic E-state index is -0.991. The number of thiophene rings is 1. The van der Waals surface area contributed by atoms with Gasteiger partial charge in [0.25, 0.3) is 0 Å². The summed E-state index contributed by atoms with van der Waals surface area (Å²) in [4.78, 5) is 21.6. The molecule has 3 N–H and O–H groups in total. The van der Waals surface area contributed by atoms with Crippen molar-refractivity contribution in [2.24, 2.45) is 0 Å². The standard InChI is InChI=1S/C23H20N4O3S2/c1-12-8-13-9-14(4-5-17(13)27(12)22(28)29)25-15-6-7-24-16-10-18(32-20(15)16)21-26-19(11-31-21)23(2,3)30/h4-11,30H,1-3H3,(H,24,25)(H,28,29). The Morgan fingerprint density at radius 1 is 1.19 bits per heavy atom. The van der Waals surface area contributed by atoms with Crippen LogP contribution in [0, 0.1) is 6.92 Å². The van der Waals surface area contributed by atoms with Crippen molar-refractivity contribution in [3.05, 3.63) is 59.4 Å². The maximum atomic E-state index is 11.5. The lowest BCUT2D eigenvalue weighted by Gasteiger charge is -2.12. The number of carbonyl (C=O) groups is 1. The van der Waals surface area contributed by atoms with E-state index in [1.807, 2.05) is 41.8 Å². The fourth-order valence-electron chi connectivity index (χ4n) is 3.65. The number of aryl methyl sites for hydroxylation is 1. The predicted molar refractivity (Wildman–Crippen MR) is 129 cm³/mol. The van der Waals surface area contributed by atoms with Crippen molar-refractivity contribution >= 4 is 61.3 Å². The van der Waals surface area contributed by atoms with Crippen molar-refractivity contribution in [3.8, 4) is 9.88 Å². The van der Waals surface area contributed by atoms with Crippen LogP contribution < -0.4 is 5.32 Å². The van der Waals surface area contributed by atoms with E-state index in [9.17, 15) is 15.0 Å². The Bertz CT molecular complexity index is 1490. The Balaban J connectivity index is 1.51. The van der Waals surface area contributed by atoms with Gasteiger partial charge in [0.1, 0.15) is 10.6 Å². The van der Waals surface area contributed by atoms with E-state index in [-0.39, 0.29) is 0 Å². The van der Waals surface area contributed by atoms with Gasteiger partial charge in [-0.1, -0.05) is 0 Å². The molecule has 4 aromatic heterocycles. The zero-order chi connectivity index (χ0) is 22.6. The van der Waals surface area contributed by atoms with Gasteiger partial charge in [-0.25, -0.2) is 9.78 Å². The summed E-state index contributed by atoms with van der Waals surface area (Å²) in [6.45, 7) is 5.23. The number of aliphatic hydroxyl groups is 1. The van der Waals surface area contributed by atoms with Crippen LogP contribution in [0.1, 0.15) is 25.2 Å². The van der Waals surface area contributed by atoms with Gasteiger partial charge in [-0.2, -0.15) is 0 Å². The molecule has 0 saturated carbocycles. The van der Waals surface area contributed by atoms with Crippen molar-refractivity contribution < 1.29 is 15.0 Å². The molecule has 0 amide bonds. The number of aromatic nitrogens is 3. The molecule has 1 aromatic carbocycles. The summed E-state index contributed by atoms with van der Waals surface area (Å²) in [5.41, 5.74) is 3.65. The number of pyridine rings is 1. The van der Waals surface area contributed by atoms with Gasteiger partial charge in [0.15, 0.2) is 0 Å². The van der Waals surface area contributed by atoms with E-state index in [2.05, 4.69) is 15.3 Å². The zero-order valence-corrected chi connectivity index (χ0v) is 19.2. The quantitative estimate of drug-likeness (QED) is 0.294. The molecule has 0 aliphatic rings. The minimum absolute atomic E-state index is 0.651. The van der Waals surface area contributed by atoms with E-state index < -0.39 is 11.7 Å². The van der Waals surface area contributed by atoms with Crippen LogP contribution in [0.15, 0.2) is 48.0 Å². The molecule has 162 valence electrons. The zero-order valence-electron chi connectivity index (χ0n) is 17.6. The fourth-order valence-corrected chi connectivity index (χ4v) is 5.78. The maximum Gasteiger partial charge on any atom is 0.416 e. The second-order valence-corrected chi connectivity index (χ2v) is 9.99. The molecule has 0 fully saturated rings. The first kappa shape index (κ1) is 20.6. The molecule has 0 bridgehead atoms. The fraction of sp³-hybridized carbons (Fsp3) is 0.174. The lowest BCUT2D eigenvalue weighted by atomic mass is 10.1. The number of hydrogen-bond donors (Lipinski definition) is 3. The maximum absolute atomic E-state index is 11.5. The number of nitrogens with zero attached hydrogens (tertiary/aromatic N) is 3. The normalized spacial score (nSPS) is 12.0. The van der Waals surface area contributed by atoms with E-state index in [4.69, 9.17) is 0 Å². The first-order valence-corrected chi connectivity index (χ1v) is 11.6. The van der Waals surface area contributed by atoms with Crippen LogP contribution in [0.5, 0.6) is 0 Å². The van der Waals surface area contributed by atoms with Gasteiger partial charge < -0.3 is 15.5 Å². The molecular formula is C23H20N4O3S2. The van der Waals surface area contributed by atoms with Gasteiger partial charge in [-0.05, 0) is 57.2 Å². The highest BCUT2D eigenvalue weighted by Gasteiger charge is 2.21. The first-order chi connectivity index (χ1) is 15.2. The van der Waals surface area contributed by atoms with Gasteiger partial charge in [-0.3, -0.25) is 9.55 Å². The van der Waals surface area contributed by atoms with Crippen LogP contribution in [0.2, 0.25) is 0 Å². The van der Waals surface area contributed by atoms with Crippen LogP contribution in [-0.4, -0.2) is 30.8 Å². The van der Waals surface area contributed by atoms with Crippen molar-refractivity contribution in [2.75, 3.05) is 5.32 Å². The molecule has 5 rings (SSSR count). The van der Waals surface area contributed by atoms with Gasteiger partial charge in [-0.15, -0.1) is 22.7 Å². The number of carboxylic acid groups (broad SMARTS) is 1. The number of fused-ring (bicyclic) bond motifs is 2. The molecule has 7 nitrogen and oxygen atoms in total. The second-order valence-electron chi connectivity index (χ2n) is 8.08. The molecule has 0 saturated heterocycles. The Kier molecular flexibility index (Phi) is 4.77. The molecule has 0 atom stereocenters. The number of benzene rings is 1. The third-order valence-electron chi connectivity index (χ3n) is 5.21. The lowest BCUT2D eigenvalue weighted by Crippen LogP contribution is -2.15. The number of anilines is 2. The van der Waals surface area contributed by atoms with Crippen LogP contribution in [0.4, 0.5) is 16.2 Å². The molecule has 5 aromatic rings. The minimum Gasteiger partial charge on any atom is -0.464 e. The second kappa shape index (κ2) is 7.40. The Morgan fingerprint density at radius 2 is 2.00 bits per heavy atom. The predicted octanol–water partition coefficient (Wildman–Crippen LogP) is 6.18. The van der Waals surface area contributed by atoms with Crippen LogP contribution >= 0.6 is 22.7 Å². The molecular weight excluding hydrogens is 444 g/mol. The van der Waals surface area contributed by atoms with Crippen molar-refractivity contribution in [1.29, 1.82) is 0 Å². The smallest absolute Gasteiger partial charge is 0.416 e. The Labute approximate surface area is 191 Å². The topological polar surface area (TPSA) is 100 Å². The van der Waals surface area contributed by atoms with Crippen molar-refractivity contribution in [2.45, 2.75) is 26.4 Å². The molecule has 0 radical (unpaired) electrons. The summed E-state index contributed by atoms with van der Waals surface area (Å²) in [5, 5.41) is 26.7. The molecule has 0 unspecified atom stereocenters. The highest BCUT2D eigenvalue weighted by Crippen LogP contribution is 2.39. The monoisotopic (exact) mass is 464 g/mol. The molecule has 32 heavy (non-hydrogen) atoms. The largest absolute Gasteiger partial charge is 0.464 e. The van der Waals surface area contributed by atoms with Gasteiger partial charge in [0.2, 0.25) is 0 Å². The Morgan fingerprint density at radius 3 is 2.72 bits per heavy atom. The van der Waals surface area contributed by atoms with E-state index in [1.165, 1.54) is 15.9 Å². The van der Waals surface area contributed by atoms with E-state index in [1.54, 1.807) is 38.3 Å². The highest BCUT2D eigenvalue weighted by molar-refractivity contribution is 7.25. The summed E-state index contributed by atoms with van der Waals surface area (Å²) in [6.07, 6.45) is 0.768. The van der Waals surface area contributed by atoms with Crippen LogP contribution in [0.25, 0.3) is 31.0 Å². The van der Waals surface area contributed by atoms with Gasteiger partial charge in [0, 0.05) is 28.3 Å². The van der Waals surface area contributed by atoms with E-state index >= 15 is 0 Å². The van der Waals surface area contributed by atoms with E-state index in [0.29, 0.717) is 16.9 Å². The Hall–Kier alpha value is -3.27. The SMILES string of the molecule is Cc1cc2cc(Nc3ccnc4cc(-c5nc(C(C)(C)O)cs5)sc34)ccc2n1C(=O)O. The summed E-state index contributed by atoms with van der Waals surface area (Å²) >= 11 is 3.10. The molecule has 4 heterocycles. The van der Waals surface area contributed by atoms with Crippen LogP contribution in [-0.2, 0) is 5.60 Å². The summed E-state index contributed by atoms with van der Waals surface area (Å²) in [5.74, 6) is 0. The summed E-state index contributed by atoms with van der Waals surface area (Å²) < 4.78 is 2.28. The van der Waals surface area contributed by atoms with Crippen molar-refractivity contribution in [1.82, 2.24) is 14.5 Å². The summed E-state index contributed by atoms with van der Waals surface area (Å²) in [6, 6.07) is 11.4.